The molecule has 8 nitrogen and oxygen atoms in total. The van der Waals surface area contributed by atoms with Crippen molar-refractivity contribution in [3.63, 3.8) is 0 Å². The van der Waals surface area contributed by atoms with Crippen LogP contribution in [0.3, 0.4) is 0 Å². The van der Waals surface area contributed by atoms with Crippen molar-refractivity contribution in [1.82, 2.24) is 14.2 Å². The van der Waals surface area contributed by atoms with Crippen LogP contribution in [0.15, 0.2) is 62.9 Å². The number of hydrogen-bond donors (Lipinski definition) is 0. The van der Waals surface area contributed by atoms with Gasteiger partial charge in [-0.15, -0.1) is 0 Å². The van der Waals surface area contributed by atoms with Crippen molar-refractivity contribution in [2.45, 2.75) is 46.6 Å². The molecule has 0 bridgehead atoms. The van der Waals surface area contributed by atoms with Crippen molar-refractivity contribution < 1.29 is 14.3 Å². The number of carbonyl (C=O) groups is 1. The molecule has 0 aliphatic rings. The molecule has 0 aliphatic heterocycles. The van der Waals surface area contributed by atoms with Crippen molar-refractivity contribution in [1.29, 1.82) is 0 Å². The first-order chi connectivity index (χ1) is 17.7. The Balaban J connectivity index is 1.67. The summed E-state index contributed by atoms with van der Waals surface area (Å²) in [7, 11) is 1.33. The average Bonchev–Trinajstić information content (AvgIpc) is 3.17. The van der Waals surface area contributed by atoms with Crippen LogP contribution in [0.1, 0.15) is 43.0 Å². The highest BCUT2D eigenvalue weighted by atomic mass is 79.9. The fourth-order valence-electron chi connectivity index (χ4n) is 4.23. The minimum absolute atomic E-state index is 0.198. The summed E-state index contributed by atoms with van der Waals surface area (Å²) in [6, 6.07) is 15.0. The Bertz CT molecular complexity index is 1540. The number of hydrogen-bond acceptors (Lipinski definition) is 6. The van der Waals surface area contributed by atoms with Gasteiger partial charge in [0.1, 0.15) is 11.6 Å². The molecule has 0 fully saturated rings. The number of aryl methyl sites for hydroxylation is 2. The third kappa shape index (κ3) is 5.51. The van der Waals surface area contributed by atoms with E-state index in [1.807, 2.05) is 63.2 Å². The molecular formula is C28H29BrN4O4. The van der Waals surface area contributed by atoms with E-state index < -0.39 is 12.1 Å². The number of methoxy groups -OCH3 is 1. The van der Waals surface area contributed by atoms with Crippen LogP contribution < -0.4 is 10.3 Å². The van der Waals surface area contributed by atoms with Gasteiger partial charge in [0.05, 0.1) is 24.2 Å². The molecule has 9 heteroatoms. The zero-order valence-corrected chi connectivity index (χ0v) is 23.1. The van der Waals surface area contributed by atoms with Crippen molar-refractivity contribution >= 4 is 39.0 Å². The van der Waals surface area contributed by atoms with Gasteiger partial charge in [0.2, 0.25) is 0 Å². The Morgan fingerprint density at radius 3 is 2.57 bits per heavy atom. The minimum atomic E-state index is -0.694. The largest absolute Gasteiger partial charge is 0.479 e. The van der Waals surface area contributed by atoms with E-state index in [9.17, 15) is 9.59 Å². The van der Waals surface area contributed by atoms with E-state index in [4.69, 9.17) is 14.5 Å². The molecule has 4 aromatic rings. The molecule has 2 aromatic carbocycles. The fraction of sp³-hybridized carbons (Fsp3) is 0.286. The van der Waals surface area contributed by atoms with Gasteiger partial charge in [0, 0.05) is 33.5 Å². The maximum Gasteiger partial charge on any atom is 0.346 e. The summed E-state index contributed by atoms with van der Waals surface area (Å²) in [5, 5.41) is 5.09. The molecule has 192 valence electrons. The quantitative estimate of drug-likeness (QED) is 0.213. The van der Waals surface area contributed by atoms with Crippen LogP contribution in [0.5, 0.6) is 5.75 Å². The first-order valence-electron chi connectivity index (χ1n) is 12.0. The molecule has 1 atom stereocenters. The third-order valence-electron chi connectivity index (χ3n) is 6.07. The SMILES string of the molecule is CCCc1nc2ccc(Br)cc2c(=O)n1N=Cc1cc(C)n(-c2ccc(O[C@H](C)C(=O)OC)cc2)c1C. The number of benzene rings is 2. The molecule has 0 spiro atoms. The zero-order chi connectivity index (χ0) is 26.7. The van der Waals surface area contributed by atoms with Gasteiger partial charge in [-0.05, 0) is 75.7 Å². The van der Waals surface area contributed by atoms with E-state index in [2.05, 4.69) is 25.6 Å². The molecule has 0 saturated carbocycles. The summed E-state index contributed by atoms with van der Waals surface area (Å²) in [6.07, 6.45) is 2.50. The number of ether oxygens (including phenoxy) is 2. The summed E-state index contributed by atoms with van der Waals surface area (Å²) in [6.45, 7) is 7.71. The van der Waals surface area contributed by atoms with Gasteiger partial charge in [0.25, 0.3) is 5.56 Å². The van der Waals surface area contributed by atoms with E-state index >= 15 is 0 Å². The molecule has 0 saturated heterocycles. The summed E-state index contributed by atoms with van der Waals surface area (Å²) in [5.74, 6) is 0.772. The highest BCUT2D eigenvalue weighted by molar-refractivity contribution is 9.10. The maximum absolute atomic E-state index is 13.3. The highest BCUT2D eigenvalue weighted by Gasteiger charge is 2.16. The normalized spacial score (nSPS) is 12.3. The number of aromatic nitrogens is 3. The van der Waals surface area contributed by atoms with Crippen LogP contribution in [0.4, 0.5) is 0 Å². The second-order valence-electron chi connectivity index (χ2n) is 8.74. The van der Waals surface area contributed by atoms with Gasteiger partial charge in [-0.1, -0.05) is 22.9 Å². The molecule has 0 unspecified atom stereocenters. The molecule has 0 aliphatic carbocycles. The van der Waals surface area contributed by atoms with Crippen LogP contribution in [0, 0.1) is 13.8 Å². The molecule has 2 heterocycles. The first-order valence-corrected chi connectivity index (χ1v) is 12.8. The standard InChI is InChI=1S/C28H29BrN4O4/c1-6-7-26-31-25-13-8-21(29)15-24(25)27(34)33(26)30-16-20-14-17(2)32(18(20)3)22-9-11-23(12-10-22)37-19(4)28(35)36-5/h8-16,19H,6-7H2,1-5H3/t19-/m1/s1. The zero-order valence-electron chi connectivity index (χ0n) is 21.5. The molecule has 0 N–H and O–H groups in total. The molecular weight excluding hydrogens is 536 g/mol. The van der Waals surface area contributed by atoms with Gasteiger partial charge in [-0.3, -0.25) is 4.79 Å². The van der Waals surface area contributed by atoms with E-state index in [1.165, 1.54) is 11.8 Å². The van der Waals surface area contributed by atoms with Crippen molar-refractivity contribution in [2.24, 2.45) is 5.10 Å². The van der Waals surface area contributed by atoms with Gasteiger partial charge in [-0.25, -0.2) is 9.78 Å². The smallest absolute Gasteiger partial charge is 0.346 e. The Morgan fingerprint density at radius 2 is 1.89 bits per heavy atom. The Hall–Kier alpha value is -3.72. The van der Waals surface area contributed by atoms with Crippen molar-refractivity contribution in [3.05, 3.63) is 86.1 Å². The lowest BCUT2D eigenvalue weighted by molar-refractivity contribution is -0.147. The van der Waals surface area contributed by atoms with Gasteiger partial charge >= 0.3 is 5.97 Å². The van der Waals surface area contributed by atoms with Gasteiger partial charge in [0.15, 0.2) is 6.10 Å². The Labute approximate surface area is 223 Å². The second kappa shape index (κ2) is 11.1. The molecule has 4 rings (SSSR count). The summed E-state index contributed by atoms with van der Waals surface area (Å²) in [4.78, 5) is 29.6. The molecule has 2 aromatic heterocycles. The molecule has 0 radical (unpaired) electrons. The number of fused-ring (bicyclic) bond motifs is 1. The monoisotopic (exact) mass is 564 g/mol. The predicted molar refractivity (Wildman–Crippen MR) is 148 cm³/mol. The average molecular weight is 565 g/mol. The summed E-state index contributed by atoms with van der Waals surface area (Å²) < 4.78 is 14.7. The fourth-order valence-corrected chi connectivity index (χ4v) is 4.59. The van der Waals surface area contributed by atoms with Crippen LogP contribution in [0.25, 0.3) is 16.6 Å². The second-order valence-corrected chi connectivity index (χ2v) is 9.66. The Kier molecular flexibility index (Phi) is 7.92. The first kappa shape index (κ1) is 26.3. The van der Waals surface area contributed by atoms with E-state index in [0.717, 1.165) is 33.5 Å². The number of esters is 1. The van der Waals surface area contributed by atoms with Crippen LogP contribution in [-0.2, 0) is 16.0 Å². The van der Waals surface area contributed by atoms with Gasteiger partial charge in [-0.2, -0.15) is 9.78 Å². The van der Waals surface area contributed by atoms with E-state index in [1.54, 1.807) is 19.2 Å². The van der Waals surface area contributed by atoms with Crippen molar-refractivity contribution in [2.75, 3.05) is 7.11 Å². The number of halogens is 1. The Morgan fingerprint density at radius 1 is 1.16 bits per heavy atom. The summed E-state index contributed by atoms with van der Waals surface area (Å²) >= 11 is 3.44. The number of carbonyl (C=O) groups excluding carboxylic acids is 1. The highest BCUT2D eigenvalue weighted by Crippen LogP contribution is 2.23. The number of rotatable bonds is 8. The van der Waals surface area contributed by atoms with Crippen molar-refractivity contribution in [3.8, 4) is 11.4 Å². The number of nitrogens with zero attached hydrogens (tertiary/aromatic N) is 4. The minimum Gasteiger partial charge on any atom is -0.479 e. The third-order valence-corrected chi connectivity index (χ3v) is 6.57. The van der Waals surface area contributed by atoms with Crippen LogP contribution >= 0.6 is 15.9 Å². The predicted octanol–water partition coefficient (Wildman–Crippen LogP) is 5.34. The van der Waals surface area contributed by atoms with Crippen LogP contribution in [-0.4, -0.2) is 39.6 Å². The van der Waals surface area contributed by atoms with E-state index in [0.29, 0.717) is 28.9 Å². The molecule has 37 heavy (non-hydrogen) atoms. The topological polar surface area (TPSA) is 87.7 Å². The maximum atomic E-state index is 13.3. The lowest BCUT2D eigenvalue weighted by Crippen LogP contribution is -2.24. The lowest BCUT2D eigenvalue weighted by Gasteiger charge is -2.14. The van der Waals surface area contributed by atoms with Gasteiger partial charge < -0.3 is 14.0 Å². The lowest BCUT2D eigenvalue weighted by atomic mass is 10.2. The van der Waals surface area contributed by atoms with Crippen LogP contribution in [0.2, 0.25) is 0 Å². The molecule has 0 amide bonds. The van der Waals surface area contributed by atoms with E-state index in [-0.39, 0.29) is 5.56 Å². The summed E-state index contributed by atoms with van der Waals surface area (Å²) in [5.41, 5.74) is 4.28.